The number of hydrogen-bond acceptors (Lipinski definition) is 3. The minimum atomic E-state index is -1.30. The molecule has 1 aliphatic carbocycles. The van der Waals surface area contributed by atoms with Crippen LogP contribution in [0, 0.1) is 11.8 Å². The van der Waals surface area contributed by atoms with Crippen molar-refractivity contribution in [3.63, 3.8) is 0 Å². The van der Waals surface area contributed by atoms with Gasteiger partial charge in [-0.2, -0.15) is 0 Å². The maximum Gasteiger partial charge on any atom is 0.332 e. The molecular formula is C9H10O6. The molecule has 0 spiro atoms. The number of carboxylic acids is 3. The third kappa shape index (κ3) is 2.34. The zero-order chi connectivity index (χ0) is 11.6. The minimum Gasteiger partial charge on any atom is -0.481 e. The van der Waals surface area contributed by atoms with E-state index in [4.69, 9.17) is 15.3 Å². The molecule has 3 N–H and O–H groups in total. The van der Waals surface area contributed by atoms with Crippen molar-refractivity contribution < 1.29 is 29.7 Å². The topological polar surface area (TPSA) is 112 Å². The van der Waals surface area contributed by atoms with E-state index in [0.29, 0.717) is 0 Å². The Hall–Kier alpha value is -1.85. The van der Waals surface area contributed by atoms with Crippen LogP contribution in [0.4, 0.5) is 0 Å². The van der Waals surface area contributed by atoms with Gasteiger partial charge < -0.3 is 15.3 Å². The third-order valence-corrected chi connectivity index (χ3v) is 2.41. The van der Waals surface area contributed by atoms with Crippen LogP contribution >= 0.6 is 0 Å². The lowest BCUT2D eigenvalue weighted by molar-refractivity contribution is -0.147. The summed E-state index contributed by atoms with van der Waals surface area (Å²) in [6, 6.07) is 0. The molecule has 0 heterocycles. The van der Waals surface area contributed by atoms with Gasteiger partial charge in [0.05, 0.1) is 11.8 Å². The quantitative estimate of drug-likeness (QED) is 0.618. The van der Waals surface area contributed by atoms with Crippen LogP contribution in [-0.4, -0.2) is 33.2 Å². The first-order chi connectivity index (χ1) is 6.93. The highest BCUT2D eigenvalue weighted by molar-refractivity contribution is 5.94. The average Bonchev–Trinajstić information content (AvgIpc) is 2.16. The normalized spacial score (nSPS) is 25.5. The van der Waals surface area contributed by atoms with Gasteiger partial charge in [0.1, 0.15) is 0 Å². The first-order valence-corrected chi connectivity index (χ1v) is 4.32. The van der Waals surface area contributed by atoms with Crippen LogP contribution in [0.5, 0.6) is 0 Å². The lowest BCUT2D eigenvalue weighted by Crippen LogP contribution is -2.30. The highest BCUT2D eigenvalue weighted by Crippen LogP contribution is 2.29. The SMILES string of the molecule is O=C(O)C1=CCC(C(=O)O)CC1C(=O)O. The zero-order valence-corrected chi connectivity index (χ0v) is 7.71. The van der Waals surface area contributed by atoms with E-state index >= 15 is 0 Å². The van der Waals surface area contributed by atoms with Crippen molar-refractivity contribution in [1.29, 1.82) is 0 Å². The zero-order valence-electron chi connectivity index (χ0n) is 7.71. The Labute approximate surface area is 84.8 Å². The standard InChI is InChI=1S/C9H10O6/c10-7(11)4-1-2-5(8(12)13)6(3-4)9(14)15/h2,4,6H,1,3H2,(H,10,11)(H,12,13)(H,14,15). The smallest absolute Gasteiger partial charge is 0.332 e. The summed E-state index contributed by atoms with van der Waals surface area (Å²) in [6.45, 7) is 0. The Kier molecular flexibility index (Phi) is 3.08. The molecule has 0 saturated carbocycles. The fraction of sp³-hybridized carbons (Fsp3) is 0.444. The molecule has 15 heavy (non-hydrogen) atoms. The molecule has 0 aliphatic heterocycles. The van der Waals surface area contributed by atoms with Crippen LogP contribution in [0.1, 0.15) is 12.8 Å². The highest BCUT2D eigenvalue weighted by atomic mass is 16.4. The molecular weight excluding hydrogens is 204 g/mol. The Morgan fingerprint density at radius 2 is 1.73 bits per heavy atom. The molecule has 2 unspecified atom stereocenters. The lowest BCUT2D eigenvalue weighted by atomic mass is 9.81. The van der Waals surface area contributed by atoms with Crippen LogP contribution in [0.2, 0.25) is 0 Å². The molecule has 0 radical (unpaired) electrons. The summed E-state index contributed by atoms with van der Waals surface area (Å²) < 4.78 is 0. The number of allylic oxidation sites excluding steroid dienone is 1. The van der Waals surface area contributed by atoms with Crippen molar-refractivity contribution >= 4 is 17.9 Å². The van der Waals surface area contributed by atoms with Crippen molar-refractivity contribution in [3.05, 3.63) is 11.6 Å². The summed E-state index contributed by atoms with van der Waals surface area (Å²) in [5.74, 6) is -5.73. The van der Waals surface area contributed by atoms with E-state index in [-0.39, 0.29) is 18.4 Å². The van der Waals surface area contributed by atoms with Crippen LogP contribution in [0.3, 0.4) is 0 Å². The van der Waals surface area contributed by atoms with E-state index in [2.05, 4.69) is 0 Å². The second kappa shape index (κ2) is 4.12. The van der Waals surface area contributed by atoms with Gasteiger partial charge in [-0.15, -0.1) is 0 Å². The molecule has 1 rings (SSSR count). The maximum absolute atomic E-state index is 10.7. The van der Waals surface area contributed by atoms with E-state index in [9.17, 15) is 14.4 Å². The Bertz CT molecular complexity index is 343. The van der Waals surface area contributed by atoms with Gasteiger partial charge in [0.2, 0.25) is 0 Å². The predicted octanol–water partition coefficient (Wildman–Crippen LogP) is 0.193. The number of carbonyl (C=O) groups is 3. The molecule has 0 bridgehead atoms. The number of rotatable bonds is 3. The van der Waals surface area contributed by atoms with Crippen LogP contribution in [-0.2, 0) is 14.4 Å². The van der Waals surface area contributed by atoms with Crippen LogP contribution in [0.25, 0.3) is 0 Å². The lowest BCUT2D eigenvalue weighted by Gasteiger charge is -2.22. The molecule has 0 fully saturated rings. The summed E-state index contributed by atoms with van der Waals surface area (Å²) in [7, 11) is 0. The predicted molar refractivity (Wildman–Crippen MR) is 47.2 cm³/mol. The van der Waals surface area contributed by atoms with Crippen molar-refractivity contribution in [2.75, 3.05) is 0 Å². The van der Waals surface area contributed by atoms with Gasteiger partial charge in [0.25, 0.3) is 0 Å². The molecule has 1 aliphatic rings. The number of aliphatic carboxylic acids is 3. The van der Waals surface area contributed by atoms with Crippen LogP contribution in [0.15, 0.2) is 11.6 Å². The molecule has 2 atom stereocenters. The number of hydrogen-bond donors (Lipinski definition) is 3. The largest absolute Gasteiger partial charge is 0.481 e. The summed E-state index contributed by atoms with van der Waals surface area (Å²) in [5, 5.41) is 26.2. The molecule has 6 nitrogen and oxygen atoms in total. The molecule has 0 amide bonds. The fourth-order valence-electron chi connectivity index (χ4n) is 1.59. The molecule has 6 heteroatoms. The van der Waals surface area contributed by atoms with Gasteiger partial charge in [-0.05, 0) is 12.8 Å². The Morgan fingerprint density at radius 1 is 1.13 bits per heavy atom. The average molecular weight is 214 g/mol. The highest BCUT2D eigenvalue weighted by Gasteiger charge is 2.35. The fourth-order valence-corrected chi connectivity index (χ4v) is 1.59. The molecule has 82 valence electrons. The minimum absolute atomic E-state index is 0.0702. The van der Waals surface area contributed by atoms with Gasteiger partial charge in [0.15, 0.2) is 0 Å². The third-order valence-electron chi connectivity index (χ3n) is 2.41. The summed E-state index contributed by atoms with van der Waals surface area (Å²) in [5.41, 5.74) is -0.222. The van der Waals surface area contributed by atoms with Gasteiger partial charge in [-0.1, -0.05) is 6.08 Å². The van der Waals surface area contributed by atoms with Crippen molar-refractivity contribution in [3.8, 4) is 0 Å². The summed E-state index contributed by atoms with van der Waals surface area (Å²) >= 11 is 0. The molecule has 0 aromatic rings. The molecule has 0 aromatic carbocycles. The van der Waals surface area contributed by atoms with Gasteiger partial charge in [0, 0.05) is 5.57 Å². The first-order valence-electron chi connectivity index (χ1n) is 4.32. The van der Waals surface area contributed by atoms with E-state index in [1.54, 1.807) is 0 Å². The first kappa shape index (κ1) is 11.2. The Balaban J connectivity index is 2.94. The summed E-state index contributed by atoms with van der Waals surface area (Å²) in [6.07, 6.45) is 1.09. The van der Waals surface area contributed by atoms with Gasteiger partial charge in [-0.25, -0.2) is 4.79 Å². The summed E-state index contributed by atoms with van der Waals surface area (Å²) in [4.78, 5) is 32.0. The van der Waals surface area contributed by atoms with Gasteiger partial charge >= 0.3 is 17.9 Å². The molecule has 0 saturated heterocycles. The van der Waals surface area contributed by atoms with Crippen molar-refractivity contribution in [2.45, 2.75) is 12.8 Å². The van der Waals surface area contributed by atoms with Gasteiger partial charge in [-0.3, -0.25) is 9.59 Å². The monoisotopic (exact) mass is 214 g/mol. The van der Waals surface area contributed by atoms with E-state index < -0.39 is 29.7 Å². The van der Waals surface area contributed by atoms with Crippen LogP contribution < -0.4 is 0 Å². The number of carboxylic acid groups (broad SMARTS) is 3. The maximum atomic E-state index is 10.7. The van der Waals surface area contributed by atoms with Crippen molar-refractivity contribution in [1.82, 2.24) is 0 Å². The second-order valence-corrected chi connectivity index (χ2v) is 3.36. The van der Waals surface area contributed by atoms with E-state index in [1.165, 1.54) is 6.08 Å². The van der Waals surface area contributed by atoms with E-state index in [1.807, 2.05) is 0 Å². The van der Waals surface area contributed by atoms with E-state index in [0.717, 1.165) is 0 Å². The Morgan fingerprint density at radius 3 is 2.13 bits per heavy atom. The molecule has 0 aromatic heterocycles. The van der Waals surface area contributed by atoms with Crippen molar-refractivity contribution in [2.24, 2.45) is 11.8 Å². The second-order valence-electron chi connectivity index (χ2n) is 3.36.